The lowest BCUT2D eigenvalue weighted by atomic mass is 10.0. The Balaban J connectivity index is 2.83. The quantitative estimate of drug-likeness (QED) is 0.668. The zero-order chi connectivity index (χ0) is 10.6. The summed E-state index contributed by atoms with van der Waals surface area (Å²) in [6.07, 6.45) is -0.789. The molecule has 0 aromatic heterocycles. The van der Waals surface area contributed by atoms with E-state index in [0.717, 1.165) is 18.4 Å². The van der Waals surface area contributed by atoms with Crippen LogP contribution in [0, 0.1) is 6.92 Å². The van der Waals surface area contributed by atoms with E-state index in [4.69, 9.17) is 11.6 Å². The summed E-state index contributed by atoms with van der Waals surface area (Å²) >= 11 is 5.54. The van der Waals surface area contributed by atoms with Crippen LogP contribution in [0.1, 0.15) is 29.5 Å². The van der Waals surface area contributed by atoms with Crippen LogP contribution in [0.25, 0.3) is 0 Å². The molecule has 0 aliphatic carbocycles. The normalized spacial score (nSPS) is 10.9. The fourth-order valence-corrected chi connectivity index (χ4v) is 1.49. The molecule has 0 heterocycles. The molecule has 0 amide bonds. The number of benzene rings is 1. The van der Waals surface area contributed by atoms with Crippen LogP contribution in [0.4, 0.5) is 8.78 Å². The van der Waals surface area contributed by atoms with E-state index in [-0.39, 0.29) is 5.56 Å². The van der Waals surface area contributed by atoms with Crippen molar-refractivity contribution in [2.24, 2.45) is 0 Å². The highest BCUT2D eigenvalue weighted by molar-refractivity contribution is 6.17. The predicted octanol–water partition coefficient (Wildman–Crippen LogP) is 4.10. The fourth-order valence-electron chi connectivity index (χ4n) is 1.35. The van der Waals surface area contributed by atoms with Crippen LogP contribution in [0.5, 0.6) is 0 Å². The van der Waals surface area contributed by atoms with Gasteiger partial charge in [-0.1, -0.05) is 12.1 Å². The van der Waals surface area contributed by atoms with Gasteiger partial charge in [0.1, 0.15) is 0 Å². The molecule has 78 valence electrons. The third-order valence-electron chi connectivity index (χ3n) is 2.18. The van der Waals surface area contributed by atoms with Gasteiger partial charge in [0.15, 0.2) is 0 Å². The second-order valence-electron chi connectivity index (χ2n) is 3.28. The summed E-state index contributed by atoms with van der Waals surface area (Å²) in [6, 6.07) is 5.20. The minimum atomic E-state index is -2.38. The number of rotatable bonds is 4. The van der Waals surface area contributed by atoms with Gasteiger partial charge in [-0.15, -0.1) is 11.6 Å². The van der Waals surface area contributed by atoms with Gasteiger partial charge >= 0.3 is 0 Å². The summed E-state index contributed by atoms with van der Waals surface area (Å²) in [5.74, 6) is 0.567. The third kappa shape index (κ3) is 2.95. The van der Waals surface area contributed by atoms with Crippen molar-refractivity contribution in [2.75, 3.05) is 5.88 Å². The third-order valence-corrected chi connectivity index (χ3v) is 2.45. The van der Waals surface area contributed by atoms with Crippen molar-refractivity contribution >= 4 is 11.6 Å². The van der Waals surface area contributed by atoms with E-state index in [0.29, 0.717) is 11.4 Å². The minimum absolute atomic E-state index is 0.136. The summed E-state index contributed by atoms with van der Waals surface area (Å²) in [5, 5.41) is 0. The molecule has 1 aromatic carbocycles. The Bertz CT molecular complexity index is 297. The lowest BCUT2D eigenvalue weighted by molar-refractivity contribution is 0.150. The van der Waals surface area contributed by atoms with Crippen LogP contribution in [0.2, 0.25) is 0 Å². The largest absolute Gasteiger partial charge is 0.264 e. The Morgan fingerprint density at radius 2 is 2.07 bits per heavy atom. The van der Waals surface area contributed by atoms with Gasteiger partial charge in [0, 0.05) is 11.4 Å². The van der Waals surface area contributed by atoms with Crippen LogP contribution in [0.15, 0.2) is 18.2 Å². The Morgan fingerprint density at radius 1 is 1.36 bits per heavy atom. The zero-order valence-corrected chi connectivity index (χ0v) is 8.82. The van der Waals surface area contributed by atoms with E-state index in [9.17, 15) is 8.78 Å². The Labute approximate surface area is 87.9 Å². The Kier molecular flexibility index (Phi) is 4.33. The number of aryl methyl sites for hydroxylation is 2. The van der Waals surface area contributed by atoms with Crippen LogP contribution >= 0.6 is 11.6 Å². The number of hydrogen-bond acceptors (Lipinski definition) is 0. The van der Waals surface area contributed by atoms with Crippen molar-refractivity contribution in [2.45, 2.75) is 26.2 Å². The molecule has 0 atom stereocenters. The molecule has 0 unspecified atom stereocenters. The lowest BCUT2D eigenvalue weighted by Crippen LogP contribution is -1.93. The molecule has 14 heavy (non-hydrogen) atoms. The van der Waals surface area contributed by atoms with E-state index in [1.807, 2.05) is 6.07 Å². The van der Waals surface area contributed by atoms with Crippen molar-refractivity contribution in [1.82, 2.24) is 0 Å². The van der Waals surface area contributed by atoms with E-state index >= 15 is 0 Å². The molecule has 3 heteroatoms. The second kappa shape index (κ2) is 5.30. The van der Waals surface area contributed by atoms with Gasteiger partial charge < -0.3 is 0 Å². The monoisotopic (exact) mass is 218 g/mol. The average molecular weight is 219 g/mol. The Morgan fingerprint density at radius 3 is 2.64 bits per heavy atom. The SMILES string of the molecule is Cc1ccc(CCCCl)cc1C(F)F. The maximum atomic E-state index is 12.5. The second-order valence-corrected chi connectivity index (χ2v) is 3.66. The van der Waals surface area contributed by atoms with Crippen LogP contribution in [-0.4, -0.2) is 5.88 Å². The minimum Gasteiger partial charge on any atom is -0.205 e. The topological polar surface area (TPSA) is 0 Å². The highest BCUT2D eigenvalue weighted by atomic mass is 35.5. The summed E-state index contributed by atoms with van der Waals surface area (Å²) < 4.78 is 25.0. The summed E-state index contributed by atoms with van der Waals surface area (Å²) in [4.78, 5) is 0. The van der Waals surface area contributed by atoms with Gasteiger partial charge in [0.25, 0.3) is 6.43 Å². The first-order chi connectivity index (χ1) is 6.65. The van der Waals surface area contributed by atoms with Gasteiger partial charge in [-0.05, 0) is 37.0 Å². The summed E-state index contributed by atoms with van der Waals surface area (Å²) in [6.45, 7) is 1.70. The smallest absolute Gasteiger partial charge is 0.205 e. The van der Waals surface area contributed by atoms with E-state index in [1.165, 1.54) is 0 Å². The van der Waals surface area contributed by atoms with Crippen molar-refractivity contribution in [3.8, 4) is 0 Å². The molecule has 0 N–H and O–H groups in total. The summed E-state index contributed by atoms with van der Waals surface area (Å²) in [5.41, 5.74) is 1.72. The highest BCUT2D eigenvalue weighted by Gasteiger charge is 2.10. The van der Waals surface area contributed by atoms with E-state index < -0.39 is 6.43 Å². The maximum Gasteiger partial charge on any atom is 0.264 e. The first-order valence-electron chi connectivity index (χ1n) is 4.58. The van der Waals surface area contributed by atoms with E-state index in [1.54, 1.807) is 19.1 Å². The van der Waals surface area contributed by atoms with Crippen LogP contribution in [0.3, 0.4) is 0 Å². The van der Waals surface area contributed by atoms with Crippen molar-refractivity contribution in [3.63, 3.8) is 0 Å². The van der Waals surface area contributed by atoms with Gasteiger partial charge in [-0.25, -0.2) is 8.78 Å². The molecule has 0 aliphatic rings. The zero-order valence-electron chi connectivity index (χ0n) is 8.06. The average Bonchev–Trinajstić information content (AvgIpc) is 2.16. The summed E-state index contributed by atoms with van der Waals surface area (Å²) in [7, 11) is 0. The van der Waals surface area contributed by atoms with Crippen molar-refractivity contribution in [3.05, 3.63) is 34.9 Å². The molecule has 0 nitrogen and oxygen atoms in total. The van der Waals surface area contributed by atoms with Gasteiger partial charge in [0.2, 0.25) is 0 Å². The molecule has 0 saturated carbocycles. The fraction of sp³-hybridized carbons (Fsp3) is 0.455. The first-order valence-corrected chi connectivity index (χ1v) is 5.12. The first kappa shape index (κ1) is 11.4. The van der Waals surface area contributed by atoms with Crippen molar-refractivity contribution in [1.29, 1.82) is 0 Å². The van der Waals surface area contributed by atoms with Gasteiger partial charge in [-0.2, -0.15) is 0 Å². The van der Waals surface area contributed by atoms with Crippen LogP contribution in [-0.2, 0) is 6.42 Å². The maximum absolute atomic E-state index is 12.5. The van der Waals surface area contributed by atoms with Gasteiger partial charge in [-0.3, -0.25) is 0 Å². The number of halogens is 3. The predicted molar refractivity (Wildman–Crippen MR) is 55.2 cm³/mol. The number of alkyl halides is 3. The van der Waals surface area contributed by atoms with Crippen molar-refractivity contribution < 1.29 is 8.78 Å². The van der Waals surface area contributed by atoms with E-state index in [2.05, 4.69) is 0 Å². The Hall–Kier alpha value is -0.630. The molecular weight excluding hydrogens is 206 g/mol. The molecule has 0 fully saturated rings. The molecule has 1 aromatic rings. The molecule has 0 spiro atoms. The molecular formula is C11H13ClF2. The highest BCUT2D eigenvalue weighted by Crippen LogP contribution is 2.24. The molecule has 1 rings (SSSR count). The van der Waals surface area contributed by atoms with Crippen LogP contribution < -0.4 is 0 Å². The lowest BCUT2D eigenvalue weighted by Gasteiger charge is -2.07. The number of hydrogen-bond donors (Lipinski definition) is 0. The molecule has 0 bridgehead atoms. The molecule has 0 aliphatic heterocycles. The van der Waals surface area contributed by atoms with Gasteiger partial charge in [0.05, 0.1) is 0 Å². The molecule has 0 radical (unpaired) electrons. The standard InChI is InChI=1S/C11H13ClF2/c1-8-4-5-9(3-2-6-12)7-10(8)11(13)14/h4-5,7,11H,2-3,6H2,1H3. The molecule has 0 saturated heterocycles.